The molecule has 2 amide bonds. The predicted octanol–water partition coefficient (Wildman–Crippen LogP) is 0.461. The second kappa shape index (κ2) is 7.73. The normalized spacial score (nSPS) is 18.3. The molecule has 1 saturated heterocycles. The molecule has 1 fully saturated rings. The van der Waals surface area contributed by atoms with Crippen molar-refractivity contribution in [2.45, 2.75) is 38.3 Å². The van der Waals surface area contributed by atoms with Crippen LogP contribution in [-0.2, 0) is 16.1 Å². The van der Waals surface area contributed by atoms with Crippen molar-refractivity contribution in [2.75, 3.05) is 13.2 Å². The van der Waals surface area contributed by atoms with Crippen LogP contribution in [0.15, 0.2) is 24.5 Å². The van der Waals surface area contributed by atoms with Crippen molar-refractivity contribution in [3.8, 4) is 0 Å². The summed E-state index contributed by atoms with van der Waals surface area (Å²) in [6.45, 7) is 0.935. The molecule has 6 nitrogen and oxygen atoms in total. The maximum Gasteiger partial charge on any atom is 0.312 e. The number of hydrogen-bond acceptors (Lipinski definition) is 4. The maximum atomic E-state index is 12.2. The number of amides is 2. The number of nitrogens with one attached hydrogen (secondary N) is 1. The van der Waals surface area contributed by atoms with Gasteiger partial charge < -0.3 is 15.3 Å². The fourth-order valence-corrected chi connectivity index (χ4v) is 2.61. The van der Waals surface area contributed by atoms with Gasteiger partial charge in [0, 0.05) is 38.1 Å². The highest BCUT2D eigenvalue weighted by Crippen LogP contribution is 2.19. The Bertz CT molecular complexity index is 476. The average molecular weight is 291 g/mol. The van der Waals surface area contributed by atoms with E-state index in [1.807, 2.05) is 0 Å². The van der Waals surface area contributed by atoms with E-state index in [4.69, 9.17) is 5.11 Å². The lowest BCUT2D eigenvalue weighted by Crippen LogP contribution is -2.50. The number of aromatic nitrogens is 1. The van der Waals surface area contributed by atoms with Crippen LogP contribution in [0.25, 0.3) is 0 Å². The van der Waals surface area contributed by atoms with Gasteiger partial charge in [-0.25, -0.2) is 0 Å². The van der Waals surface area contributed by atoms with Gasteiger partial charge in [-0.3, -0.25) is 14.6 Å². The van der Waals surface area contributed by atoms with Crippen molar-refractivity contribution >= 4 is 11.8 Å². The molecule has 1 aliphatic rings. The summed E-state index contributed by atoms with van der Waals surface area (Å²) >= 11 is 0. The second-order valence-corrected chi connectivity index (χ2v) is 5.20. The molecule has 1 aromatic rings. The summed E-state index contributed by atoms with van der Waals surface area (Å²) in [7, 11) is 0. The molecule has 1 unspecified atom stereocenters. The van der Waals surface area contributed by atoms with E-state index in [2.05, 4.69) is 10.3 Å². The van der Waals surface area contributed by atoms with E-state index in [0.717, 1.165) is 24.8 Å². The smallest absolute Gasteiger partial charge is 0.312 e. The van der Waals surface area contributed by atoms with E-state index >= 15 is 0 Å². The molecule has 0 spiro atoms. The zero-order chi connectivity index (χ0) is 15.1. The van der Waals surface area contributed by atoms with Gasteiger partial charge in [0.2, 0.25) is 0 Å². The lowest BCUT2D eigenvalue weighted by Gasteiger charge is -2.35. The van der Waals surface area contributed by atoms with Crippen molar-refractivity contribution < 1.29 is 14.7 Å². The third-order valence-electron chi connectivity index (χ3n) is 3.75. The second-order valence-electron chi connectivity index (χ2n) is 5.20. The molecular weight excluding hydrogens is 270 g/mol. The summed E-state index contributed by atoms with van der Waals surface area (Å²) in [6, 6.07) is 3.56. The van der Waals surface area contributed by atoms with Crippen LogP contribution < -0.4 is 5.32 Å². The number of pyridine rings is 1. The Labute approximate surface area is 124 Å². The fraction of sp³-hybridized carbons (Fsp3) is 0.533. The van der Waals surface area contributed by atoms with Crippen molar-refractivity contribution in [3.05, 3.63) is 30.1 Å². The van der Waals surface area contributed by atoms with Gasteiger partial charge in [-0.05, 0) is 43.4 Å². The Kier molecular flexibility index (Phi) is 5.68. The van der Waals surface area contributed by atoms with E-state index in [1.165, 1.54) is 0 Å². The first-order chi connectivity index (χ1) is 10.2. The van der Waals surface area contributed by atoms with Crippen LogP contribution in [0, 0.1) is 0 Å². The molecule has 1 atom stereocenters. The van der Waals surface area contributed by atoms with Gasteiger partial charge in [-0.15, -0.1) is 0 Å². The first-order valence-electron chi connectivity index (χ1n) is 7.31. The number of carbonyl (C=O) groups is 2. The van der Waals surface area contributed by atoms with Crippen molar-refractivity contribution in [1.82, 2.24) is 15.2 Å². The lowest BCUT2D eigenvalue weighted by molar-refractivity contribution is -0.148. The van der Waals surface area contributed by atoms with Crippen molar-refractivity contribution in [3.63, 3.8) is 0 Å². The average Bonchev–Trinajstić information content (AvgIpc) is 2.54. The van der Waals surface area contributed by atoms with Gasteiger partial charge >= 0.3 is 11.8 Å². The summed E-state index contributed by atoms with van der Waals surface area (Å²) in [4.78, 5) is 29.7. The minimum atomic E-state index is -0.586. The summed E-state index contributed by atoms with van der Waals surface area (Å²) in [6.07, 6.45) is 6.61. The first kappa shape index (κ1) is 15.4. The molecule has 0 bridgehead atoms. The molecule has 0 saturated carbocycles. The molecule has 114 valence electrons. The molecule has 2 N–H and O–H groups in total. The fourth-order valence-electron chi connectivity index (χ4n) is 2.61. The topological polar surface area (TPSA) is 82.5 Å². The number of aliphatic hydroxyl groups excluding tert-OH is 1. The van der Waals surface area contributed by atoms with Gasteiger partial charge in [0.1, 0.15) is 0 Å². The third-order valence-corrected chi connectivity index (χ3v) is 3.75. The van der Waals surface area contributed by atoms with Crippen molar-refractivity contribution in [2.24, 2.45) is 0 Å². The quantitative estimate of drug-likeness (QED) is 0.790. The molecule has 21 heavy (non-hydrogen) atoms. The van der Waals surface area contributed by atoms with Crippen LogP contribution in [0.4, 0.5) is 0 Å². The van der Waals surface area contributed by atoms with Crippen LogP contribution in [0.1, 0.15) is 31.2 Å². The Balaban J connectivity index is 1.90. The number of hydrogen-bond donors (Lipinski definition) is 2. The minimum absolute atomic E-state index is 0.0251. The summed E-state index contributed by atoms with van der Waals surface area (Å²) in [5.41, 5.74) is 0.900. The van der Waals surface area contributed by atoms with Gasteiger partial charge in [0.15, 0.2) is 0 Å². The molecule has 0 radical (unpaired) electrons. The van der Waals surface area contributed by atoms with Crippen LogP contribution in [0.5, 0.6) is 0 Å². The van der Waals surface area contributed by atoms with E-state index in [-0.39, 0.29) is 12.6 Å². The van der Waals surface area contributed by atoms with Gasteiger partial charge in [-0.2, -0.15) is 0 Å². The van der Waals surface area contributed by atoms with Crippen molar-refractivity contribution in [1.29, 1.82) is 0 Å². The number of piperidine rings is 1. The lowest BCUT2D eigenvalue weighted by atomic mass is 9.99. The molecular formula is C15H21N3O3. The number of likely N-dealkylation sites (tertiary alicyclic amines) is 1. The molecule has 2 rings (SSSR count). The Morgan fingerprint density at radius 3 is 2.81 bits per heavy atom. The van der Waals surface area contributed by atoms with Gasteiger partial charge in [0.05, 0.1) is 0 Å². The van der Waals surface area contributed by atoms with Gasteiger partial charge in [-0.1, -0.05) is 0 Å². The number of aliphatic hydroxyl groups is 1. The molecule has 6 heteroatoms. The molecule has 1 aromatic heterocycles. The summed E-state index contributed by atoms with van der Waals surface area (Å²) in [5.74, 6) is -1.08. The zero-order valence-electron chi connectivity index (χ0n) is 12.0. The summed E-state index contributed by atoms with van der Waals surface area (Å²) in [5, 5.41) is 11.7. The van der Waals surface area contributed by atoms with E-state index in [0.29, 0.717) is 19.5 Å². The zero-order valence-corrected chi connectivity index (χ0v) is 12.0. The number of rotatable bonds is 4. The molecule has 0 aromatic carbocycles. The maximum absolute atomic E-state index is 12.2. The predicted molar refractivity (Wildman–Crippen MR) is 77.1 cm³/mol. The Morgan fingerprint density at radius 2 is 2.10 bits per heavy atom. The largest absolute Gasteiger partial charge is 0.396 e. The molecule has 2 heterocycles. The highest BCUT2D eigenvalue weighted by Gasteiger charge is 2.30. The van der Waals surface area contributed by atoms with Crippen LogP contribution in [0.3, 0.4) is 0 Å². The molecule has 1 aliphatic heterocycles. The van der Waals surface area contributed by atoms with Crippen LogP contribution in [-0.4, -0.2) is 46.0 Å². The van der Waals surface area contributed by atoms with Crippen LogP contribution >= 0.6 is 0 Å². The Hall–Kier alpha value is -1.95. The monoisotopic (exact) mass is 291 g/mol. The first-order valence-corrected chi connectivity index (χ1v) is 7.31. The van der Waals surface area contributed by atoms with E-state index in [9.17, 15) is 9.59 Å². The standard InChI is InChI=1S/C15H21N3O3/c19-10-6-13-3-1-2-9-18(13)15(21)14(20)17-11-12-4-7-16-8-5-12/h4-5,7-8,13,19H,1-3,6,9-11H2,(H,17,20). The molecule has 0 aliphatic carbocycles. The highest BCUT2D eigenvalue weighted by atomic mass is 16.3. The van der Waals surface area contributed by atoms with E-state index < -0.39 is 11.8 Å². The number of nitrogens with zero attached hydrogens (tertiary/aromatic N) is 2. The van der Waals surface area contributed by atoms with Gasteiger partial charge in [0.25, 0.3) is 0 Å². The SMILES string of the molecule is O=C(NCc1ccncc1)C(=O)N1CCCCC1CCO. The van der Waals surface area contributed by atoms with E-state index in [1.54, 1.807) is 29.4 Å². The third kappa shape index (κ3) is 4.26. The minimum Gasteiger partial charge on any atom is -0.396 e. The highest BCUT2D eigenvalue weighted by molar-refractivity contribution is 6.35. The van der Waals surface area contributed by atoms with Crippen LogP contribution in [0.2, 0.25) is 0 Å². The number of carbonyl (C=O) groups excluding carboxylic acids is 2. The summed E-state index contributed by atoms with van der Waals surface area (Å²) < 4.78 is 0. The Morgan fingerprint density at radius 1 is 1.33 bits per heavy atom.